The highest BCUT2D eigenvalue weighted by Gasteiger charge is 2.31. The first-order valence-electron chi connectivity index (χ1n) is 9.39. The van der Waals surface area contributed by atoms with Crippen LogP contribution in [-0.2, 0) is 0 Å². The Morgan fingerprint density at radius 3 is 2.22 bits per heavy atom. The maximum absolute atomic E-state index is 13.2. The molecule has 0 bridgehead atoms. The Labute approximate surface area is 160 Å². The first-order chi connectivity index (χ1) is 13.0. The van der Waals surface area contributed by atoms with Crippen LogP contribution in [0, 0.1) is 0 Å². The van der Waals surface area contributed by atoms with E-state index in [1.165, 1.54) is 7.11 Å². The summed E-state index contributed by atoms with van der Waals surface area (Å²) >= 11 is 0. The van der Waals surface area contributed by atoms with E-state index in [0.717, 1.165) is 19.3 Å². The number of likely N-dealkylation sites (tertiary alicyclic amines) is 1. The quantitative estimate of drug-likeness (QED) is 0.875. The Hall–Kier alpha value is -2.82. The number of methoxy groups -OCH3 is 1. The average Bonchev–Trinajstić information content (AvgIpc) is 2.68. The summed E-state index contributed by atoms with van der Waals surface area (Å²) in [4.78, 5) is 27.9. The number of benzene rings is 2. The molecule has 27 heavy (non-hydrogen) atoms. The van der Waals surface area contributed by atoms with Crippen LogP contribution in [0.1, 0.15) is 53.8 Å². The predicted molar refractivity (Wildman–Crippen MR) is 106 cm³/mol. The zero-order chi connectivity index (χ0) is 19.4. The molecule has 1 N–H and O–H groups in total. The normalized spacial score (nSPS) is 19.4. The molecule has 142 valence electrons. The molecule has 1 heterocycles. The van der Waals surface area contributed by atoms with Gasteiger partial charge in [-0.05, 0) is 57.4 Å². The number of hydrogen-bond acceptors (Lipinski definition) is 3. The second-order valence-electron chi connectivity index (χ2n) is 7.04. The fourth-order valence-corrected chi connectivity index (χ4v) is 3.76. The highest BCUT2D eigenvalue weighted by Crippen LogP contribution is 2.28. The van der Waals surface area contributed by atoms with Crippen LogP contribution in [0.25, 0.3) is 0 Å². The number of amides is 2. The minimum atomic E-state index is -0.299. The number of anilines is 1. The molecule has 1 fully saturated rings. The maximum atomic E-state index is 13.2. The SMILES string of the molecule is COc1ccccc1C(=O)Nc1ccccc1C(=O)N1[C@@H](C)CCC[C@@H]1C. The van der Waals surface area contributed by atoms with E-state index in [0.29, 0.717) is 22.6 Å². The van der Waals surface area contributed by atoms with Crippen molar-refractivity contribution in [2.24, 2.45) is 0 Å². The van der Waals surface area contributed by atoms with Crippen LogP contribution >= 0.6 is 0 Å². The standard InChI is InChI=1S/C22H26N2O3/c1-15-9-8-10-16(2)24(15)22(26)17-11-4-6-13-19(17)23-21(25)18-12-5-7-14-20(18)27-3/h4-7,11-16H,8-10H2,1-3H3,(H,23,25)/t15-,16-/m0/s1. The molecule has 2 aromatic carbocycles. The molecule has 2 amide bonds. The van der Waals surface area contributed by atoms with Gasteiger partial charge in [0, 0.05) is 12.1 Å². The molecule has 1 aliphatic heterocycles. The summed E-state index contributed by atoms with van der Waals surface area (Å²) < 4.78 is 5.27. The first-order valence-corrected chi connectivity index (χ1v) is 9.39. The fraction of sp³-hybridized carbons (Fsp3) is 0.364. The molecule has 2 aromatic rings. The van der Waals surface area contributed by atoms with Gasteiger partial charge in [0.15, 0.2) is 0 Å². The number of nitrogens with zero attached hydrogens (tertiary/aromatic N) is 1. The van der Waals surface area contributed by atoms with E-state index in [1.807, 2.05) is 23.1 Å². The zero-order valence-corrected chi connectivity index (χ0v) is 16.1. The molecule has 0 unspecified atom stereocenters. The smallest absolute Gasteiger partial charge is 0.259 e. The molecule has 1 saturated heterocycles. The van der Waals surface area contributed by atoms with Crippen LogP contribution in [0.4, 0.5) is 5.69 Å². The number of para-hydroxylation sites is 2. The monoisotopic (exact) mass is 366 g/mol. The summed E-state index contributed by atoms with van der Waals surface area (Å²) in [7, 11) is 1.53. The van der Waals surface area contributed by atoms with Crippen molar-refractivity contribution < 1.29 is 14.3 Å². The van der Waals surface area contributed by atoms with E-state index < -0.39 is 0 Å². The van der Waals surface area contributed by atoms with E-state index in [2.05, 4.69) is 19.2 Å². The van der Waals surface area contributed by atoms with Gasteiger partial charge in [-0.25, -0.2) is 0 Å². The second-order valence-corrected chi connectivity index (χ2v) is 7.04. The molecule has 5 heteroatoms. The Kier molecular flexibility index (Phi) is 5.79. The lowest BCUT2D eigenvalue weighted by molar-refractivity contribution is 0.0512. The van der Waals surface area contributed by atoms with Gasteiger partial charge < -0.3 is 15.0 Å². The van der Waals surface area contributed by atoms with Crippen molar-refractivity contribution in [1.82, 2.24) is 4.90 Å². The third-order valence-electron chi connectivity index (χ3n) is 5.19. The molecule has 5 nitrogen and oxygen atoms in total. The van der Waals surface area contributed by atoms with Gasteiger partial charge in [0.25, 0.3) is 11.8 Å². The molecule has 0 aliphatic carbocycles. The maximum Gasteiger partial charge on any atom is 0.259 e. The number of carbonyl (C=O) groups excluding carboxylic acids is 2. The van der Waals surface area contributed by atoms with Crippen molar-refractivity contribution in [3.05, 3.63) is 59.7 Å². The van der Waals surface area contributed by atoms with E-state index in [9.17, 15) is 9.59 Å². The third kappa shape index (κ3) is 3.97. The van der Waals surface area contributed by atoms with Gasteiger partial charge in [0.2, 0.25) is 0 Å². The molecule has 0 aromatic heterocycles. The topological polar surface area (TPSA) is 58.6 Å². The van der Waals surface area contributed by atoms with Crippen LogP contribution in [0.15, 0.2) is 48.5 Å². The Balaban J connectivity index is 1.88. The molecule has 2 atom stereocenters. The molecule has 3 rings (SSSR count). The van der Waals surface area contributed by atoms with Gasteiger partial charge in [-0.1, -0.05) is 24.3 Å². The largest absolute Gasteiger partial charge is 0.496 e. The second kappa shape index (κ2) is 8.25. The number of rotatable bonds is 4. The van der Waals surface area contributed by atoms with Gasteiger partial charge in [-0.3, -0.25) is 9.59 Å². The minimum Gasteiger partial charge on any atom is -0.496 e. The Morgan fingerprint density at radius 2 is 1.56 bits per heavy atom. The van der Waals surface area contributed by atoms with Crippen molar-refractivity contribution >= 4 is 17.5 Å². The van der Waals surface area contributed by atoms with Gasteiger partial charge in [0.05, 0.1) is 23.9 Å². The lowest BCUT2D eigenvalue weighted by Gasteiger charge is -2.39. The van der Waals surface area contributed by atoms with Crippen LogP contribution in [0.3, 0.4) is 0 Å². The van der Waals surface area contributed by atoms with Gasteiger partial charge in [-0.15, -0.1) is 0 Å². The third-order valence-corrected chi connectivity index (χ3v) is 5.19. The van der Waals surface area contributed by atoms with Crippen molar-refractivity contribution in [1.29, 1.82) is 0 Å². The summed E-state index contributed by atoms with van der Waals surface area (Å²) in [5, 5.41) is 2.88. The molecular weight excluding hydrogens is 340 g/mol. The van der Waals surface area contributed by atoms with Crippen LogP contribution in [0.2, 0.25) is 0 Å². The van der Waals surface area contributed by atoms with Crippen molar-refractivity contribution in [3.63, 3.8) is 0 Å². The van der Waals surface area contributed by atoms with Crippen LogP contribution < -0.4 is 10.1 Å². The van der Waals surface area contributed by atoms with Crippen molar-refractivity contribution in [2.75, 3.05) is 12.4 Å². The first kappa shape index (κ1) is 19.0. The fourth-order valence-electron chi connectivity index (χ4n) is 3.76. The van der Waals surface area contributed by atoms with E-state index in [-0.39, 0.29) is 23.9 Å². The molecule has 0 spiro atoms. The highest BCUT2D eigenvalue weighted by molar-refractivity contribution is 6.10. The Morgan fingerprint density at radius 1 is 0.963 bits per heavy atom. The summed E-state index contributed by atoms with van der Waals surface area (Å²) in [6, 6.07) is 14.6. The summed E-state index contributed by atoms with van der Waals surface area (Å²) in [5.41, 5.74) is 1.46. The summed E-state index contributed by atoms with van der Waals surface area (Å²) in [6.07, 6.45) is 3.15. The number of hydrogen-bond donors (Lipinski definition) is 1. The highest BCUT2D eigenvalue weighted by atomic mass is 16.5. The average molecular weight is 366 g/mol. The Bertz CT molecular complexity index is 824. The summed E-state index contributed by atoms with van der Waals surface area (Å²) in [6.45, 7) is 4.17. The van der Waals surface area contributed by atoms with Crippen LogP contribution in [0.5, 0.6) is 5.75 Å². The van der Waals surface area contributed by atoms with E-state index in [1.54, 1.807) is 30.3 Å². The van der Waals surface area contributed by atoms with E-state index in [4.69, 9.17) is 4.74 Å². The molecule has 0 saturated carbocycles. The number of nitrogens with one attached hydrogen (secondary N) is 1. The van der Waals surface area contributed by atoms with E-state index >= 15 is 0 Å². The van der Waals surface area contributed by atoms with Gasteiger partial charge in [0.1, 0.15) is 5.75 Å². The zero-order valence-electron chi connectivity index (χ0n) is 16.1. The lowest BCUT2D eigenvalue weighted by atomic mass is 9.96. The van der Waals surface area contributed by atoms with Gasteiger partial charge >= 0.3 is 0 Å². The van der Waals surface area contributed by atoms with Crippen molar-refractivity contribution in [2.45, 2.75) is 45.2 Å². The molecular formula is C22H26N2O3. The predicted octanol–water partition coefficient (Wildman–Crippen LogP) is 4.35. The van der Waals surface area contributed by atoms with Crippen LogP contribution in [-0.4, -0.2) is 35.9 Å². The number of carbonyl (C=O) groups is 2. The lowest BCUT2D eigenvalue weighted by Crippen LogP contribution is -2.47. The van der Waals surface area contributed by atoms with Gasteiger partial charge in [-0.2, -0.15) is 0 Å². The minimum absolute atomic E-state index is 0.0365. The summed E-state index contributed by atoms with van der Waals surface area (Å²) in [5.74, 6) is 0.162. The number of ether oxygens (including phenoxy) is 1. The van der Waals surface area contributed by atoms with Crippen molar-refractivity contribution in [3.8, 4) is 5.75 Å². The number of piperidine rings is 1. The molecule has 0 radical (unpaired) electrons. The molecule has 1 aliphatic rings.